The molecule has 0 saturated heterocycles. The van der Waals surface area contributed by atoms with Crippen LogP contribution in [0.5, 0.6) is 5.75 Å². The van der Waals surface area contributed by atoms with Crippen molar-refractivity contribution < 1.29 is 17.4 Å². The van der Waals surface area contributed by atoms with E-state index in [4.69, 9.17) is 9.32 Å². The predicted molar refractivity (Wildman–Crippen MR) is 142 cm³/mol. The Morgan fingerprint density at radius 2 is 2.13 bits per heavy atom. The molecule has 0 radical (unpaired) electrons. The number of pyridine rings is 1. The summed E-state index contributed by atoms with van der Waals surface area (Å²) >= 11 is 0. The first-order valence-electron chi connectivity index (χ1n) is 13.3. The van der Waals surface area contributed by atoms with Crippen molar-refractivity contribution >= 4 is 16.2 Å². The van der Waals surface area contributed by atoms with Crippen LogP contribution in [0.1, 0.15) is 83.2 Å². The number of nitrogens with two attached hydrogens (primary N) is 1. The largest absolute Gasteiger partial charge is 0.380 e. The quantitative estimate of drug-likeness (QED) is 0.442. The SMILES string of the molecule is CCc1cc2c(cc1OS(N)(=O)=O)CCC1C2CCC2(C)c3[nH]nc(C(=O)NCc4ccccn4)c3CC12. The monoisotopic (exact) mass is 535 g/mol. The van der Waals surface area contributed by atoms with Crippen LogP contribution in [-0.4, -0.2) is 29.5 Å². The second kappa shape index (κ2) is 9.20. The van der Waals surface area contributed by atoms with Crippen LogP contribution in [0.2, 0.25) is 0 Å². The van der Waals surface area contributed by atoms with Crippen LogP contribution in [0, 0.1) is 11.8 Å². The van der Waals surface area contributed by atoms with Crippen molar-refractivity contribution in [1.82, 2.24) is 20.5 Å². The van der Waals surface area contributed by atoms with Gasteiger partial charge in [0, 0.05) is 22.9 Å². The van der Waals surface area contributed by atoms with Gasteiger partial charge in [0.1, 0.15) is 5.75 Å². The number of aromatic nitrogens is 3. The van der Waals surface area contributed by atoms with Gasteiger partial charge in [0.2, 0.25) is 0 Å². The van der Waals surface area contributed by atoms with E-state index in [1.807, 2.05) is 31.2 Å². The van der Waals surface area contributed by atoms with Crippen molar-refractivity contribution in [1.29, 1.82) is 0 Å². The van der Waals surface area contributed by atoms with E-state index < -0.39 is 10.3 Å². The molecule has 1 saturated carbocycles. The minimum atomic E-state index is -4.08. The van der Waals surface area contributed by atoms with E-state index in [0.717, 1.165) is 60.2 Å². The second-order valence-electron chi connectivity index (χ2n) is 11.1. The standard InChI is InChI=1S/C28H33N5O4S/c1-3-16-12-21-17(13-24(16)37-38(29,35)36)7-8-20-19(21)9-10-28(2)23(20)14-22-25(32-33-26(22)28)27(34)31-15-18-6-4-5-11-30-18/h4-6,11-13,19-20,23H,3,7-10,14-15H2,1-2H3,(H,31,34)(H,32,33)(H2,29,35,36). The predicted octanol–water partition coefficient (Wildman–Crippen LogP) is 3.45. The number of H-pyrrole nitrogens is 1. The fraction of sp³-hybridized carbons (Fsp3) is 0.464. The number of amides is 1. The second-order valence-corrected chi connectivity index (χ2v) is 12.2. The molecule has 1 amide bonds. The summed E-state index contributed by atoms with van der Waals surface area (Å²) in [7, 11) is -4.08. The Morgan fingerprint density at radius 3 is 2.87 bits per heavy atom. The van der Waals surface area contributed by atoms with Crippen LogP contribution in [0.15, 0.2) is 36.5 Å². The van der Waals surface area contributed by atoms with Crippen molar-refractivity contribution in [2.45, 2.75) is 70.3 Å². The Bertz CT molecular complexity index is 1500. The summed E-state index contributed by atoms with van der Waals surface area (Å²) in [6, 6.07) is 9.67. The molecule has 3 aromatic rings. The average molecular weight is 536 g/mol. The number of fused-ring (bicyclic) bond motifs is 7. The fourth-order valence-corrected chi connectivity index (χ4v) is 7.74. The summed E-state index contributed by atoms with van der Waals surface area (Å²) in [4.78, 5) is 17.4. The maximum Gasteiger partial charge on any atom is 0.380 e. The van der Waals surface area contributed by atoms with Gasteiger partial charge in [0.05, 0.1) is 12.2 Å². The summed E-state index contributed by atoms with van der Waals surface area (Å²) < 4.78 is 28.3. The third kappa shape index (κ3) is 4.19. The van der Waals surface area contributed by atoms with E-state index in [9.17, 15) is 13.2 Å². The molecule has 0 spiro atoms. The van der Waals surface area contributed by atoms with E-state index >= 15 is 0 Å². The number of hydrogen-bond acceptors (Lipinski definition) is 6. The summed E-state index contributed by atoms with van der Waals surface area (Å²) in [5.41, 5.74) is 6.74. The molecule has 1 aromatic carbocycles. The zero-order valence-corrected chi connectivity index (χ0v) is 22.5. The van der Waals surface area contributed by atoms with Gasteiger partial charge < -0.3 is 9.50 Å². The molecule has 38 heavy (non-hydrogen) atoms. The number of aromatic amines is 1. The minimum Gasteiger partial charge on any atom is -0.371 e. The van der Waals surface area contributed by atoms with Gasteiger partial charge in [0.15, 0.2) is 5.69 Å². The molecule has 2 heterocycles. The number of carbonyl (C=O) groups excluding carboxylic acids is 1. The third-order valence-electron chi connectivity index (χ3n) is 9.12. The molecule has 3 aliphatic rings. The number of benzene rings is 1. The van der Waals surface area contributed by atoms with E-state index in [1.165, 1.54) is 5.56 Å². The van der Waals surface area contributed by atoms with Crippen molar-refractivity contribution in [3.05, 3.63) is 75.9 Å². The number of nitrogens with one attached hydrogen (secondary N) is 2. The lowest BCUT2D eigenvalue weighted by atomic mass is 9.55. The molecule has 0 bridgehead atoms. The number of carbonyl (C=O) groups is 1. The van der Waals surface area contributed by atoms with Gasteiger partial charge in [-0.1, -0.05) is 26.0 Å². The van der Waals surface area contributed by atoms with E-state index in [-0.39, 0.29) is 11.3 Å². The number of nitrogens with zero attached hydrogens (tertiary/aromatic N) is 2. The number of rotatable bonds is 6. The number of aryl methyl sites for hydroxylation is 2. The third-order valence-corrected chi connectivity index (χ3v) is 9.53. The van der Waals surface area contributed by atoms with Crippen molar-refractivity contribution in [2.24, 2.45) is 17.0 Å². The fourth-order valence-electron chi connectivity index (χ4n) is 7.33. The molecule has 3 aliphatic carbocycles. The van der Waals surface area contributed by atoms with E-state index in [0.29, 0.717) is 42.2 Å². The lowest BCUT2D eigenvalue weighted by molar-refractivity contribution is 0.0937. The van der Waals surface area contributed by atoms with E-state index in [2.05, 4.69) is 33.5 Å². The Kier molecular flexibility index (Phi) is 6.07. The first kappa shape index (κ1) is 25.1. The van der Waals surface area contributed by atoms with Crippen LogP contribution < -0.4 is 14.6 Å². The molecule has 9 nitrogen and oxygen atoms in total. The summed E-state index contributed by atoms with van der Waals surface area (Å²) in [5.74, 6) is 1.45. The molecular weight excluding hydrogens is 502 g/mol. The normalized spacial score (nSPS) is 25.6. The summed E-state index contributed by atoms with van der Waals surface area (Å²) in [6.07, 6.45) is 7.11. The van der Waals surface area contributed by atoms with Crippen molar-refractivity contribution in [3.8, 4) is 5.75 Å². The highest BCUT2D eigenvalue weighted by Crippen LogP contribution is 2.60. The van der Waals surface area contributed by atoms with Crippen molar-refractivity contribution in [2.75, 3.05) is 0 Å². The van der Waals surface area contributed by atoms with Crippen LogP contribution in [0.25, 0.3) is 0 Å². The molecule has 4 atom stereocenters. The number of hydrogen-bond donors (Lipinski definition) is 3. The van der Waals surface area contributed by atoms with Crippen LogP contribution in [0.4, 0.5) is 0 Å². The zero-order valence-electron chi connectivity index (χ0n) is 21.7. The molecule has 6 rings (SSSR count). The molecule has 1 fully saturated rings. The van der Waals surface area contributed by atoms with Crippen molar-refractivity contribution in [3.63, 3.8) is 0 Å². The van der Waals surface area contributed by atoms with Gasteiger partial charge in [-0.15, -0.1) is 0 Å². The van der Waals surface area contributed by atoms with Gasteiger partial charge >= 0.3 is 10.3 Å². The topological polar surface area (TPSA) is 140 Å². The summed E-state index contributed by atoms with van der Waals surface area (Å²) in [5, 5.41) is 15.9. The first-order chi connectivity index (χ1) is 18.2. The van der Waals surface area contributed by atoms with E-state index in [1.54, 1.807) is 6.20 Å². The molecule has 200 valence electrons. The highest BCUT2D eigenvalue weighted by atomic mass is 32.2. The first-order valence-corrected chi connectivity index (χ1v) is 14.8. The summed E-state index contributed by atoms with van der Waals surface area (Å²) in [6.45, 7) is 4.68. The van der Waals surface area contributed by atoms with Gasteiger partial charge in [-0.25, -0.2) is 0 Å². The lowest BCUT2D eigenvalue weighted by Crippen LogP contribution is -2.43. The highest BCUT2D eigenvalue weighted by molar-refractivity contribution is 7.84. The Morgan fingerprint density at radius 1 is 1.29 bits per heavy atom. The minimum absolute atomic E-state index is 0.0508. The zero-order chi connectivity index (χ0) is 26.7. The van der Waals surface area contributed by atoms with Gasteiger partial charge in [-0.05, 0) is 91.2 Å². The van der Waals surface area contributed by atoms with Crippen LogP contribution in [0.3, 0.4) is 0 Å². The van der Waals surface area contributed by atoms with Crippen LogP contribution in [-0.2, 0) is 41.5 Å². The molecule has 0 aliphatic heterocycles. The smallest absolute Gasteiger partial charge is 0.371 e. The Balaban J connectivity index is 1.26. The molecule has 10 heteroatoms. The van der Waals surface area contributed by atoms with Gasteiger partial charge in [-0.2, -0.15) is 18.7 Å². The van der Waals surface area contributed by atoms with Crippen LogP contribution >= 0.6 is 0 Å². The molecular formula is C28H33N5O4S. The molecule has 4 N–H and O–H groups in total. The maximum atomic E-state index is 13.1. The molecule has 2 aromatic heterocycles. The highest BCUT2D eigenvalue weighted by Gasteiger charge is 2.55. The average Bonchev–Trinajstić information content (AvgIpc) is 3.44. The maximum absolute atomic E-state index is 13.1. The Labute approximate surface area is 222 Å². The Hall–Kier alpha value is -3.24. The van der Waals surface area contributed by atoms with Gasteiger partial charge in [0.25, 0.3) is 5.91 Å². The van der Waals surface area contributed by atoms with Gasteiger partial charge in [-0.3, -0.25) is 14.9 Å². The molecule has 4 unspecified atom stereocenters. The lowest BCUT2D eigenvalue weighted by Gasteiger charge is -2.49.